The number of likely N-dealkylation sites (tertiary alicyclic amines) is 1. The Labute approximate surface area is 139 Å². The van der Waals surface area contributed by atoms with E-state index in [1.807, 2.05) is 0 Å². The number of methoxy groups -OCH3 is 1. The van der Waals surface area contributed by atoms with E-state index in [1.165, 1.54) is 11.0 Å². The van der Waals surface area contributed by atoms with Crippen molar-refractivity contribution in [3.8, 4) is 5.75 Å². The molecule has 1 saturated heterocycles. The van der Waals surface area contributed by atoms with Gasteiger partial charge in [0.25, 0.3) is 0 Å². The van der Waals surface area contributed by atoms with Crippen LogP contribution in [0.5, 0.6) is 5.75 Å². The van der Waals surface area contributed by atoms with Crippen LogP contribution in [0.1, 0.15) is 12.0 Å². The number of halogens is 2. The number of aliphatic carboxylic acids is 1. The lowest BCUT2D eigenvalue weighted by atomic mass is 10.1. The van der Waals surface area contributed by atoms with E-state index < -0.39 is 11.9 Å². The predicted octanol–water partition coefficient (Wildman–Crippen LogP) is 2.72. The SMILES string of the molecule is COc1ccc(Cl)cc1/C=C/C(=O)N1CCC(C(=O)O)C1.Cl. The maximum atomic E-state index is 12.0. The normalized spacial score (nSPS) is 17.4. The molecule has 1 heterocycles. The Morgan fingerprint density at radius 2 is 2.18 bits per heavy atom. The fraction of sp³-hybridized carbons (Fsp3) is 0.333. The highest BCUT2D eigenvalue weighted by Crippen LogP contribution is 2.24. The Bertz CT molecular complexity index is 589. The fourth-order valence-corrected chi connectivity index (χ4v) is 2.44. The number of rotatable bonds is 4. The predicted molar refractivity (Wildman–Crippen MR) is 86.6 cm³/mol. The summed E-state index contributed by atoms with van der Waals surface area (Å²) < 4.78 is 5.19. The molecule has 0 bridgehead atoms. The van der Waals surface area contributed by atoms with Crippen molar-refractivity contribution in [3.63, 3.8) is 0 Å². The highest BCUT2D eigenvalue weighted by atomic mass is 35.5. The quantitative estimate of drug-likeness (QED) is 0.852. The Morgan fingerprint density at radius 1 is 1.45 bits per heavy atom. The molecule has 0 aromatic heterocycles. The smallest absolute Gasteiger partial charge is 0.308 e. The topological polar surface area (TPSA) is 66.8 Å². The van der Waals surface area contributed by atoms with E-state index >= 15 is 0 Å². The van der Waals surface area contributed by atoms with Gasteiger partial charge < -0.3 is 14.7 Å². The van der Waals surface area contributed by atoms with Crippen molar-refractivity contribution in [2.24, 2.45) is 5.92 Å². The summed E-state index contributed by atoms with van der Waals surface area (Å²) in [6.45, 7) is 0.720. The molecule has 7 heteroatoms. The van der Waals surface area contributed by atoms with Gasteiger partial charge in [-0.05, 0) is 30.7 Å². The molecule has 1 aliphatic rings. The first-order chi connectivity index (χ1) is 10.0. The molecule has 1 atom stereocenters. The van der Waals surface area contributed by atoms with Crippen LogP contribution < -0.4 is 4.74 Å². The molecule has 22 heavy (non-hydrogen) atoms. The third kappa shape index (κ3) is 4.39. The average molecular weight is 346 g/mol. The third-order valence-electron chi connectivity index (χ3n) is 3.45. The highest BCUT2D eigenvalue weighted by molar-refractivity contribution is 6.30. The minimum Gasteiger partial charge on any atom is -0.496 e. The van der Waals surface area contributed by atoms with Crippen molar-refractivity contribution in [1.82, 2.24) is 4.90 Å². The number of carboxylic acid groups (broad SMARTS) is 1. The van der Waals surface area contributed by atoms with E-state index in [9.17, 15) is 9.59 Å². The van der Waals surface area contributed by atoms with Gasteiger partial charge in [0.1, 0.15) is 5.75 Å². The van der Waals surface area contributed by atoms with Gasteiger partial charge in [0.2, 0.25) is 5.91 Å². The summed E-state index contributed by atoms with van der Waals surface area (Å²) in [5, 5.41) is 9.48. The summed E-state index contributed by atoms with van der Waals surface area (Å²) in [4.78, 5) is 24.5. The number of carbonyl (C=O) groups is 2. The van der Waals surface area contributed by atoms with Gasteiger partial charge in [-0.3, -0.25) is 9.59 Å². The van der Waals surface area contributed by atoms with Crippen molar-refractivity contribution in [2.75, 3.05) is 20.2 Å². The van der Waals surface area contributed by atoms with Crippen molar-refractivity contribution < 1.29 is 19.4 Å². The first-order valence-corrected chi connectivity index (χ1v) is 6.92. The Kier molecular flexibility index (Phi) is 6.71. The molecule has 2 rings (SSSR count). The Hall–Kier alpha value is -1.72. The zero-order valence-corrected chi connectivity index (χ0v) is 13.6. The first-order valence-electron chi connectivity index (χ1n) is 6.54. The number of nitrogens with zero attached hydrogens (tertiary/aromatic N) is 1. The van der Waals surface area contributed by atoms with Gasteiger partial charge in [-0.25, -0.2) is 0 Å². The van der Waals surface area contributed by atoms with E-state index in [4.69, 9.17) is 21.4 Å². The van der Waals surface area contributed by atoms with Crippen molar-refractivity contribution in [3.05, 3.63) is 34.9 Å². The third-order valence-corrected chi connectivity index (χ3v) is 3.68. The largest absolute Gasteiger partial charge is 0.496 e. The number of carboxylic acids is 1. The molecule has 0 saturated carbocycles. The first kappa shape index (κ1) is 18.3. The van der Waals surface area contributed by atoms with E-state index in [0.717, 1.165) is 0 Å². The number of carbonyl (C=O) groups excluding carboxylic acids is 1. The lowest BCUT2D eigenvalue weighted by molar-refractivity contribution is -0.141. The van der Waals surface area contributed by atoms with Crippen LogP contribution in [0, 0.1) is 5.92 Å². The molecule has 1 fully saturated rings. The maximum absolute atomic E-state index is 12.0. The lowest BCUT2D eigenvalue weighted by Gasteiger charge is -2.13. The van der Waals surface area contributed by atoms with E-state index in [1.54, 1.807) is 31.4 Å². The van der Waals surface area contributed by atoms with Gasteiger partial charge in [-0.2, -0.15) is 0 Å². The van der Waals surface area contributed by atoms with Crippen LogP contribution in [0.2, 0.25) is 5.02 Å². The fourth-order valence-electron chi connectivity index (χ4n) is 2.26. The average Bonchev–Trinajstić information content (AvgIpc) is 2.95. The van der Waals surface area contributed by atoms with E-state index in [2.05, 4.69) is 0 Å². The molecular formula is C15H17Cl2NO4. The number of ether oxygens (including phenoxy) is 1. The molecular weight excluding hydrogens is 329 g/mol. The Balaban J connectivity index is 0.00000242. The molecule has 1 amide bonds. The summed E-state index contributed by atoms with van der Waals surface area (Å²) in [6.07, 6.45) is 3.54. The van der Waals surface area contributed by atoms with Gasteiger partial charge in [-0.1, -0.05) is 11.6 Å². The van der Waals surface area contributed by atoms with Crippen LogP contribution in [0.4, 0.5) is 0 Å². The monoisotopic (exact) mass is 345 g/mol. The van der Waals surface area contributed by atoms with Gasteiger partial charge in [-0.15, -0.1) is 12.4 Å². The summed E-state index contributed by atoms with van der Waals surface area (Å²) in [6, 6.07) is 5.13. The van der Waals surface area contributed by atoms with E-state index in [0.29, 0.717) is 29.3 Å². The van der Waals surface area contributed by atoms with Crippen molar-refractivity contribution >= 4 is 42.0 Å². The van der Waals surface area contributed by atoms with Gasteiger partial charge in [0.05, 0.1) is 13.0 Å². The maximum Gasteiger partial charge on any atom is 0.308 e. The zero-order valence-electron chi connectivity index (χ0n) is 12.0. The second-order valence-electron chi connectivity index (χ2n) is 4.83. The molecule has 120 valence electrons. The second kappa shape index (κ2) is 8.06. The van der Waals surface area contributed by atoms with Crippen LogP contribution in [-0.2, 0) is 9.59 Å². The summed E-state index contributed by atoms with van der Waals surface area (Å²) >= 11 is 5.92. The zero-order chi connectivity index (χ0) is 15.4. The summed E-state index contributed by atoms with van der Waals surface area (Å²) in [7, 11) is 1.54. The van der Waals surface area contributed by atoms with Gasteiger partial charge >= 0.3 is 5.97 Å². The van der Waals surface area contributed by atoms with Gasteiger partial charge in [0, 0.05) is 29.8 Å². The van der Waals surface area contributed by atoms with Crippen molar-refractivity contribution in [2.45, 2.75) is 6.42 Å². The molecule has 0 spiro atoms. The minimum absolute atomic E-state index is 0. The molecule has 5 nitrogen and oxygen atoms in total. The molecule has 0 radical (unpaired) electrons. The Morgan fingerprint density at radius 3 is 2.77 bits per heavy atom. The van der Waals surface area contributed by atoms with Crippen LogP contribution >= 0.6 is 24.0 Å². The molecule has 1 aromatic rings. The summed E-state index contributed by atoms with van der Waals surface area (Å²) in [5.41, 5.74) is 0.701. The standard InChI is InChI=1S/C15H16ClNO4.ClH/c1-21-13-4-3-12(16)8-10(13)2-5-14(18)17-7-6-11(9-17)15(19)20;/h2-5,8,11H,6-7,9H2,1H3,(H,19,20);1H/b5-2+;. The number of amides is 1. The minimum atomic E-state index is -0.856. The lowest BCUT2D eigenvalue weighted by Crippen LogP contribution is -2.28. The van der Waals surface area contributed by atoms with E-state index in [-0.39, 0.29) is 24.9 Å². The van der Waals surface area contributed by atoms with Crippen LogP contribution in [0.15, 0.2) is 24.3 Å². The molecule has 0 aliphatic carbocycles. The molecule has 1 unspecified atom stereocenters. The van der Waals surface area contributed by atoms with Crippen LogP contribution in [0.3, 0.4) is 0 Å². The molecule has 1 aliphatic heterocycles. The molecule has 1 aromatic carbocycles. The van der Waals surface area contributed by atoms with Gasteiger partial charge in [0.15, 0.2) is 0 Å². The van der Waals surface area contributed by atoms with Crippen LogP contribution in [0.25, 0.3) is 6.08 Å². The highest BCUT2D eigenvalue weighted by Gasteiger charge is 2.29. The molecule has 1 N–H and O–H groups in total. The van der Waals surface area contributed by atoms with Crippen molar-refractivity contribution in [1.29, 1.82) is 0 Å². The van der Waals surface area contributed by atoms with Crippen LogP contribution in [-0.4, -0.2) is 42.1 Å². The number of hydrogen-bond donors (Lipinski definition) is 1. The number of hydrogen-bond acceptors (Lipinski definition) is 3. The number of benzene rings is 1. The summed E-state index contributed by atoms with van der Waals surface area (Å²) in [5.74, 6) is -0.914. The second-order valence-corrected chi connectivity index (χ2v) is 5.26.